The fourth-order valence-corrected chi connectivity index (χ4v) is 4.48. The highest BCUT2D eigenvalue weighted by Crippen LogP contribution is 2.33. The minimum atomic E-state index is -4.59. The summed E-state index contributed by atoms with van der Waals surface area (Å²) in [5.74, 6) is -0.378. The zero-order valence-corrected chi connectivity index (χ0v) is 23.4. The highest BCUT2D eigenvalue weighted by molar-refractivity contribution is 5.92. The number of alkyl halides is 3. The van der Waals surface area contributed by atoms with Crippen LogP contribution >= 0.6 is 0 Å². The Labute approximate surface area is 233 Å². The Bertz CT molecular complexity index is 1290. The van der Waals surface area contributed by atoms with Gasteiger partial charge in [0.15, 0.2) is 0 Å². The molecule has 1 saturated heterocycles. The van der Waals surface area contributed by atoms with Gasteiger partial charge in [0.25, 0.3) is 0 Å². The molecule has 1 fully saturated rings. The number of aromatic nitrogens is 2. The maximum Gasteiger partial charge on any atom is 0.419 e. The SMILES string of the molecule is CN1CCN(c2ccc(Nc3ncc(C(F)(F)F)c(CCC4=CCC=CC(C(=O)OC(C)(C)C)=C4)n3)cc2)CC1. The summed E-state index contributed by atoms with van der Waals surface area (Å²) in [5, 5.41) is 3.04. The molecule has 7 nitrogen and oxygen atoms in total. The molecule has 0 amide bonds. The first-order valence-corrected chi connectivity index (χ1v) is 13.4. The Kier molecular flexibility index (Phi) is 8.98. The minimum Gasteiger partial charge on any atom is -0.456 e. The predicted molar refractivity (Wildman–Crippen MR) is 151 cm³/mol. The minimum absolute atomic E-state index is 0.0261. The number of carbonyl (C=O) groups excluding carboxylic acids is 1. The molecule has 0 unspecified atom stereocenters. The molecular formula is C30H36F3N5O2. The van der Waals surface area contributed by atoms with Crippen LogP contribution in [0, 0.1) is 0 Å². The van der Waals surface area contributed by atoms with Crippen molar-refractivity contribution in [1.82, 2.24) is 14.9 Å². The number of nitrogens with zero attached hydrogens (tertiary/aromatic N) is 4. The lowest BCUT2D eigenvalue weighted by molar-refractivity contribution is -0.149. The van der Waals surface area contributed by atoms with Gasteiger partial charge in [-0.25, -0.2) is 14.8 Å². The van der Waals surface area contributed by atoms with Crippen molar-refractivity contribution < 1.29 is 22.7 Å². The van der Waals surface area contributed by atoms with Crippen LogP contribution in [0.2, 0.25) is 0 Å². The molecule has 0 saturated carbocycles. The highest BCUT2D eigenvalue weighted by Gasteiger charge is 2.35. The number of benzene rings is 1. The maximum atomic E-state index is 13.8. The zero-order chi connectivity index (χ0) is 28.9. The molecule has 2 aliphatic rings. The average Bonchev–Trinajstić information content (AvgIpc) is 3.13. The third-order valence-electron chi connectivity index (χ3n) is 6.60. The summed E-state index contributed by atoms with van der Waals surface area (Å²) in [6.07, 6.45) is 4.17. The van der Waals surface area contributed by atoms with Gasteiger partial charge in [-0.05, 0) is 77.4 Å². The van der Waals surface area contributed by atoms with Crippen LogP contribution in [-0.2, 0) is 22.1 Å². The number of hydrogen-bond donors (Lipinski definition) is 1. The van der Waals surface area contributed by atoms with Crippen LogP contribution in [-0.4, -0.2) is 59.7 Å². The number of anilines is 3. The second-order valence-electron chi connectivity index (χ2n) is 11.0. The Hall–Kier alpha value is -3.66. The third-order valence-corrected chi connectivity index (χ3v) is 6.60. The topological polar surface area (TPSA) is 70.6 Å². The monoisotopic (exact) mass is 555 g/mol. The summed E-state index contributed by atoms with van der Waals surface area (Å²) < 4.78 is 46.9. The molecule has 1 aliphatic carbocycles. The first kappa shape index (κ1) is 29.3. The maximum absolute atomic E-state index is 13.8. The second kappa shape index (κ2) is 12.2. The average molecular weight is 556 g/mol. The summed E-state index contributed by atoms with van der Waals surface area (Å²) >= 11 is 0. The number of halogens is 3. The lowest BCUT2D eigenvalue weighted by Gasteiger charge is -2.34. The van der Waals surface area contributed by atoms with Crippen molar-refractivity contribution in [2.75, 3.05) is 43.4 Å². The van der Waals surface area contributed by atoms with Gasteiger partial charge in [-0.1, -0.05) is 23.8 Å². The fraction of sp³-hybridized carbons (Fsp3) is 0.433. The summed E-state index contributed by atoms with van der Waals surface area (Å²) in [6, 6.07) is 7.72. The Morgan fingerprint density at radius 3 is 2.40 bits per heavy atom. The van der Waals surface area contributed by atoms with Crippen molar-refractivity contribution in [3.63, 3.8) is 0 Å². The lowest BCUT2D eigenvalue weighted by atomic mass is 10.0. The van der Waals surface area contributed by atoms with Crippen LogP contribution in [0.1, 0.15) is 44.9 Å². The number of esters is 1. The summed E-state index contributed by atoms with van der Waals surface area (Å²) in [5.41, 5.74) is 1.25. The van der Waals surface area contributed by atoms with E-state index in [9.17, 15) is 18.0 Å². The molecule has 0 spiro atoms. The predicted octanol–water partition coefficient (Wildman–Crippen LogP) is 6.08. The van der Waals surface area contributed by atoms with Crippen molar-refractivity contribution in [1.29, 1.82) is 0 Å². The van der Waals surface area contributed by atoms with E-state index in [-0.39, 0.29) is 24.5 Å². The molecule has 0 bridgehead atoms. The van der Waals surface area contributed by atoms with E-state index in [1.807, 2.05) is 36.4 Å². The quantitative estimate of drug-likeness (QED) is 0.416. The smallest absolute Gasteiger partial charge is 0.419 e. The summed E-state index contributed by atoms with van der Waals surface area (Å²) in [6.45, 7) is 9.21. The van der Waals surface area contributed by atoms with E-state index in [0.717, 1.165) is 43.6 Å². The standard InChI is InChI=1S/C30H36F3N5O2/c1-29(2,3)40-27(39)22-8-6-5-7-21(19-22)9-14-26-25(30(31,32)33)20-34-28(36-26)35-23-10-12-24(13-11-23)38-17-15-37(4)16-18-38/h6-8,10-13,19-20H,5,9,14-18H2,1-4H3,(H,34,35,36). The normalized spacial score (nSPS) is 16.7. The Morgan fingerprint density at radius 1 is 1.05 bits per heavy atom. The zero-order valence-electron chi connectivity index (χ0n) is 23.4. The van der Waals surface area contributed by atoms with Crippen molar-refractivity contribution in [3.05, 3.63) is 77.2 Å². The molecule has 4 rings (SSSR count). The number of piperazine rings is 1. The Morgan fingerprint density at radius 2 is 1.75 bits per heavy atom. The number of likely N-dealkylation sites (N-methyl/N-ethyl adjacent to an activating group) is 1. The van der Waals surface area contributed by atoms with Crippen molar-refractivity contribution >= 4 is 23.3 Å². The summed E-state index contributed by atoms with van der Waals surface area (Å²) in [7, 11) is 2.10. The van der Waals surface area contributed by atoms with Gasteiger partial charge in [0.2, 0.25) is 5.95 Å². The van der Waals surface area contributed by atoms with Gasteiger partial charge >= 0.3 is 12.1 Å². The first-order valence-electron chi connectivity index (χ1n) is 13.4. The molecule has 2 aromatic rings. The van der Waals surface area contributed by atoms with E-state index >= 15 is 0 Å². The number of ether oxygens (including phenoxy) is 1. The van der Waals surface area contributed by atoms with Gasteiger partial charge in [0, 0.05) is 43.8 Å². The molecular weight excluding hydrogens is 519 g/mol. The van der Waals surface area contributed by atoms with Gasteiger partial charge in [-0.15, -0.1) is 0 Å². The third kappa shape index (κ3) is 8.17. The van der Waals surface area contributed by atoms with Gasteiger partial charge in [0.1, 0.15) is 5.60 Å². The van der Waals surface area contributed by atoms with Gasteiger partial charge < -0.3 is 19.9 Å². The van der Waals surface area contributed by atoms with E-state index in [2.05, 4.69) is 32.1 Å². The van der Waals surface area contributed by atoms with E-state index < -0.39 is 23.3 Å². The van der Waals surface area contributed by atoms with Crippen LogP contribution in [0.15, 0.2) is 65.9 Å². The van der Waals surface area contributed by atoms with E-state index in [1.165, 1.54) is 0 Å². The van der Waals surface area contributed by atoms with Crippen molar-refractivity contribution in [3.8, 4) is 0 Å². The van der Waals surface area contributed by atoms with Gasteiger partial charge in [0.05, 0.1) is 16.8 Å². The van der Waals surface area contributed by atoms with E-state index in [4.69, 9.17) is 4.74 Å². The van der Waals surface area contributed by atoms with Crippen LogP contribution in [0.5, 0.6) is 0 Å². The van der Waals surface area contributed by atoms with Gasteiger partial charge in [-0.3, -0.25) is 0 Å². The first-order chi connectivity index (χ1) is 18.9. The molecule has 1 aliphatic heterocycles. The largest absolute Gasteiger partial charge is 0.456 e. The molecule has 2 heterocycles. The number of carbonyl (C=O) groups is 1. The number of hydrogen-bond acceptors (Lipinski definition) is 7. The van der Waals surface area contributed by atoms with E-state index in [0.29, 0.717) is 17.7 Å². The highest BCUT2D eigenvalue weighted by atomic mass is 19.4. The van der Waals surface area contributed by atoms with Crippen LogP contribution in [0.3, 0.4) is 0 Å². The molecule has 0 atom stereocenters. The number of allylic oxidation sites excluding steroid dienone is 4. The molecule has 0 radical (unpaired) electrons. The summed E-state index contributed by atoms with van der Waals surface area (Å²) in [4.78, 5) is 25.3. The number of nitrogens with one attached hydrogen (secondary N) is 1. The van der Waals surface area contributed by atoms with Crippen molar-refractivity contribution in [2.45, 2.75) is 51.8 Å². The molecule has 40 heavy (non-hydrogen) atoms. The molecule has 1 aromatic heterocycles. The molecule has 1 N–H and O–H groups in total. The van der Waals surface area contributed by atoms with Crippen LogP contribution in [0.25, 0.3) is 0 Å². The lowest BCUT2D eigenvalue weighted by Crippen LogP contribution is -2.44. The number of rotatable bonds is 7. The van der Waals surface area contributed by atoms with Crippen molar-refractivity contribution in [2.24, 2.45) is 0 Å². The molecule has 1 aromatic carbocycles. The molecule has 10 heteroatoms. The van der Waals surface area contributed by atoms with Crippen LogP contribution in [0.4, 0.5) is 30.5 Å². The van der Waals surface area contributed by atoms with E-state index in [1.54, 1.807) is 32.9 Å². The van der Waals surface area contributed by atoms with Gasteiger partial charge in [-0.2, -0.15) is 13.2 Å². The molecule has 214 valence electrons. The Balaban J connectivity index is 1.48. The number of aryl methyl sites for hydroxylation is 1. The van der Waals surface area contributed by atoms with Crippen LogP contribution < -0.4 is 10.2 Å². The fourth-order valence-electron chi connectivity index (χ4n) is 4.48. The second-order valence-corrected chi connectivity index (χ2v) is 11.0.